The van der Waals surface area contributed by atoms with Gasteiger partial charge in [-0.3, -0.25) is 9.59 Å². The molecule has 21 heavy (non-hydrogen) atoms. The van der Waals surface area contributed by atoms with E-state index in [1.54, 1.807) is 6.92 Å². The van der Waals surface area contributed by atoms with Gasteiger partial charge in [-0.25, -0.2) is 0 Å². The van der Waals surface area contributed by atoms with Gasteiger partial charge in [-0.2, -0.15) is 0 Å². The maximum absolute atomic E-state index is 12.6. The summed E-state index contributed by atoms with van der Waals surface area (Å²) in [5, 5.41) is 9.02. The number of aliphatic carboxylic acids is 1. The molecular weight excluding hydrogens is 266 g/mol. The quantitative estimate of drug-likeness (QED) is 0.870. The van der Waals surface area contributed by atoms with E-state index in [1.807, 2.05) is 4.90 Å². The van der Waals surface area contributed by atoms with Crippen LogP contribution in [0.2, 0.25) is 0 Å². The van der Waals surface area contributed by atoms with Gasteiger partial charge in [0.25, 0.3) is 0 Å². The standard InChI is InChI=1S/C17H27NO3/c1-11(17(20)21)15-9-18(10-15)16(19)14-7-6-12-4-2-3-5-13(12)8-14/h11-15H,2-10H2,1H3,(H,20,21). The third kappa shape index (κ3) is 2.95. The van der Waals surface area contributed by atoms with Crippen molar-refractivity contribution >= 4 is 11.9 Å². The molecule has 1 N–H and O–H groups in total. The van der Waals surface area contributed by atoms with Crippen molar-refractivity contribution in [1.82, 2.24) is 4.90 Å². The van der Waals surface area contributed by atoms with Gasteiger partial charge in [0.05, 0.1) is 5.92 Å². The summed E-state index contributed by atoms with van der Waals surface area (Å²) < 4.78 is 0. The van der Waals surface area contributed by atoms with E-state index in [1.165, 1.54) is 32.1 Å². The average Bonchev–Trinajstić information content (AvgIpc) is 2.44. The number of carboxylic acid groups (broad SMARTS) is 1. The van der Waals surface area contributed by atoms with E-state index >= 15 is 0 Å². The molecule has 0 bridgehead atoms. The molecular formula is C17H27NO3. The number of likely N-dealkylation sites (tertiary alicyclic amines) is 1. The predicted octanol–water partition coefficient (Wildman–Crippen LogP) is 2.77. The number of amides is 1. The van der Waals surface area contributed by atoms with Gasteiger partial charge < -0.3 is 10.0 Å². The third-order valence-electron chi connectivity index (χ3n) is 6.21. The topological polar surface area (TPSA) is 57.6 Å². The Morgan fingerprint density at radius 2 is 1.71 bits per heavy atom. The molecule has 0 aromatic rings. The van der Waals surface area contributed by atoms with Crippen LogP contribution in [0.4, 0.5) is 0 Å². The SMILES string of the molecule is CC(C(=O)O)C1CN(C(=O)C2CCC3CCCCC3C2)C1. The summed E-state index contributed by atoms with van der Waals surface area (Å²) >= 11 is 0. The molecule has 4 nitrogen and oxygen atoms in total. The monoisotopic (exact) mass is 293 g/mol. The third-order valence-corrected chi connectivity index (χ3v) is 6.21. The maximum atomic E-state index is 12.6. The van der Waals surface area contributed by atoms with Crippen molar-refractivity contribution in [3.8, 4) is 0 Å². The molecule has 1 amide bonds. The van der Waals surface area contributed by atoms with E-state index in [-0.39, 0.29) is 17.8 Å². The van der Waals surface area contributed by atoms with Crippen LogP contribution in [0, 0.1) is 29.6 Å². The second-order valence-electron chi connectivity index (χ2n) is 7.44. The van der Waals surface area contributed by atoms with Gasteiger partial charge in [0.15, 0.2) is 0 Å². The molecule has 2 aliphatic carbocycles. The first kappa shape index (κ1) is 14.9. The Morgan fingerprint density at radius 1 is 1.05 bits per heavy atom. The second-order valence-corrected chi connectivity index (χ2v) is 7.44. The molecule has 1 saturated heterocycles. The molecule has 0 aromatic carbocycles. The van der Waals surface area contributed by atoms with Crippen LogP contribution < -0.4 is 0 Å². The average molecular weight is 293 g/mol. The Kier molecular flexibility index (Phi) is 4.23. The van der Waals surface area contributed by atoms with Crippen LogP contribution in [0.1, 0.15) is 51.9 Å². The zero-order valence-corrected chi connectivity index (χ0v) is 13.0. The highest BCUT2D eigenvalue weighted by molar-refractivity contribution is 5.80. The number of rotatable bonds is 3. The van der Waals surface area contributed by atoms with Gasteiger partial charge in [0, 0.05) is 24.9 Å². The predicted molar refractivity (Wildman–Crippen MR) is 79.7 cm³/mol. The summed E-state index contributed by atoms with van der Waals surface area (Å²) in [6.45, 7) is 3.05. The van der Waals surface area contributed by atoms with Gasteiger partial charge in [-0.05, 0) is 31.1 Å². The number of hydrogen-bond donors (Lipinski definition) is 1. The maximum Gasteiger partial charge on any atom is 0.306 e. The molecule has 4 unspecified atom stereocenters. The molecule has 4 atom stereocenters. The van der Waals surface area contributed by atoms with Crippen molar-refractivity contribution in [1.29, 1.82) is 0 Å². The number of fused-ring (bicyclic) bond motifs is 1. The molecule has 4 heteroatoms. The first-order valence-corrected chi connectivity index (χ1v) is 8.58. The number of hydrogen-bond acceptors (Lipinski definition) is 2. The summed E-state index contributed by atoms with van der Waals surface area (Å²) in [5.41, 5.74) is 0. The summed E-state index contributed by atoms with van der Waals surface area (Å²) in [5.74, 6) is 1.24. The van der Waals surface area contributed by atoms with E-state index in [0.29, 0.717) is 19.0 Å². The van der Waals surface area contributed by atoms with Gasteiger partial charge in [-0.15, -0.1) is 0 Å². The number of nitrogens with zero attached hydrogens (tertiary/aromatic N) is 1. The molecule has 3 fully saturated rings. The largest absolute Gasteiger partial charge is 0.481 e. The zero-order valence-electron chi connectivity index (χ0n) is 13.0. The second kappa shape index (κ2) is 5.98. The van der Waals surface area contributed by atoms with E-state index in [2.05, 4.69) is 0 Å². The molecule has 118 valence electrons. The molecule has 0 spiro atoms. The molecule has 3 aliphatic rings. The fourth-order valence-corrected chi connectivity index (χ4v) is 4.57. The summed E-state index contributed by atoms with van der Waals surface area (Å²) in [7, 11) is 0. The fourth-order valence-electron chi connectivity index (χ4n) is 4.57. The van der Waals surface area contributed by atoms with E-state index in [0.717, 1.165) is 24.7 Å². The Labute approximate surface area is 126 Å². The van der Waals surface area contributed by atoms with Crippen LogP contribution in [-0.4, -0.2) is 35.0 Å². The van der Waals surface area contributed by atoms with Gasteiger partial charge >= 0.3 is 5.97 Å². The highest BCUT2D eigenvalue weighted by Crippen LogP contribution is 2.43. The molecule has 1 heterocycles. The lowest BCUT2D eigenvalue weighted by atomic mass is 9.67. The minimum absolute atomic E-state index is 0.150. The molecule has 1 aliphatic heterocycles. The highest BCUT2D eigenvalue weighted by Gasteiger charge is 2.42. The lowest BCUT2D eigenvalue weighted by Gasteiger charge is -2.45. The number of carbonyl (C=O) groups excluding carboxylic acids is 1. The molecule has 3 rings (SSSR count). The van der Waals surface area contributed by atoms with Gasteiger partial charge in [0.2, 0.25) is 5.91 Å². The Balaban J connectivity index is 1.50. The van der Waals surface area contributed by atoms with Gasteiger partial charge in [0.1, 0.15) is 0 Å². The van der Waals surface area contributed by atoms with Crippen molar-refractivity contribution in [3.05, 3.63) is 0 Å². The molecule has 0 aromatic heterocycles. The smallest absolute Gasteiger partial charge is 0.306 e. The van der Waals surface area contributed by atoms with Crippen LogP contribution in [0.3, 0.4) is 0 Å². The molecule has 2 saturated carbocycles. The Bertz CT molecular complexity index is 416. The minimum Gasteiger partial charge on any atom is -0.481 e. The van der Waals surface area contributed by atoms with Crippen LogP contribution in [0.15, 0.2) is 0 Å². The molecule has 0 radical (unpaired) electrons. The summed E-state index contributed by atoms with van der Waals surface area (Å²) in [6.07, 6.45) is 8.75. The van der Waals surface area contributed by atoms with Crippen LogP contribution in [0.5, 0.6) is 0 Å². The normalized spacial score (nSPS) is 34.7. The lowest BCUT2D eigenvalue weighted by molar-refractivity contribution is -0.153. The van der Waals surface area contributed by atoms with Crippen molar-refractivity contribution in [3.63, 3.8) is 0 Å². The Morgan fingerprint density at radius 3 is 2.38 bits per heavy atom. The highest BCUT2D eigenvalue weighted by atomic mass is 16.4. The lowest BCUT2D eigenvalue weighted by Crippen LogP contribution is -2.55. The summed E-state index contributed by atoms with van der Waals surface area (Å²) in [4.78, 5) is 25.4. The van der Waals surface area contributed by atoms with Crippen molar-refractivity contribution in [2.45, 2.75) is 51.9 Å². The number of carbonyl (C=O) groups is 2. The van der Waals surface area contributed by atoms with Crippen molar-refractivity contribution in [2.75, 3.05) is 13.1 Å². The Hall–Kier alpha value is -1.06. The van der Waals surface area contributed by atoms with Crippen LogP contribution in [-0.2, 0) is 9.59 Å². The zero-order chi connectivity index (χ0) is 15.0. The van der Waals surface area contributed by atoms with E-state index in [4.69, 9.17) is 5.11 Å². The minimum atomic E-state index is -0.741. The van der Waals surface area contributed by atoms with E-state index < -0.39 is 5.97 Å². The van der Waals surface area contributed by atoms with E-state index in [9.17, 15) is 9.59 Å². The first-order valence-electron chi connectivity index (χ1n) is 8.58. The fraction of sp³-hybridized carbons (Fsp3) is 0.882. The van der Waals surface area contributed by atoms with Gasteiger partial charge in [-0.1, -0.05) is 32.6 Å². The summed E-state index contributed by atoms with van der Waals surface area (Å²) in [6, 6.07) is 0. The van der Waals surface area contributed by atoms with Crippen LogP contribution >= 0.6 is 0 Å². The number of carboxylic acids is 1. The van der Waals surface area contributed by atoms with Crippen molar-refractivity contribution < 1.29 is 14.7 Å². The van der Waals surface area contributed by atoms with Crippen molar-refractivity contribution in [2.24, 2.45) is 29.6 Å². The van der Waals surface area contributed by atoms with Crippen LogP contribution in [0.25, 0.3) is 0 Å². The first-order chi connectivity index (χ1) is 10.1.